The van der Waals surface area contributed by atoms with E-state index in [4.69, 9.17) is 4.74 Å². The number of rotatable bonds is 5. The first-order chi connectivity index (χ1) is 14.5. The topological polar surface area (TPSA) is 65.6 Å². The first kappa shape index (κ1) is 20.8. The van der Waals surface area contributed by atoms with Crippen molar-refractivity contribution in [3.8, 4) is 5.75 Å². The van der Waals surface area contributed by atoms with E-state index >= 15 is 0 Å². The molecule has 2 aromatic carbocycles. The number of hydrogen-bond acceptors (Lipinski definition) is 5. The van der Waals surface area contributed by atoms with Crippen LogP contribution in [-0.2, 0) is 0 Å². The smallest absolute Gasteiger partial charge is 0.251 e. The number of aryl methyl sites for hydroxylation is 1. The minimum absolute atomic E-state index is 0.0226. The molecule has 2 atom stereocenters. The Labute approximate surface area is 176 Å². The molecular formula is C23H29FN4O2. The third-order valence-corrected chi connectivity index (χ3v) is 6.14. The Kier molecular flexibility index (Phi) is 6.32. The predicted octanol–water partition coefficient (Wildman–Crippen LogP) is 2.90. The Hall–Kier alpha value is -2.48. The monoisotopic (exact) mass is 412 g/mol. The lowest BCUT2D eigenvalue weighted by Crippen LogP contribution is -2.51. The van der Waals surface area contributed by atoms with Crippen molar-refractivity contribution < 1.29 is 13.9 Å². The minimum atomic E-state index is -0.213. The molecule has 7 heteroatoms. The summed E-state index contributed by atoms with van der Waals surface area (Å²) >= 11 is 0. The number of halogens is 1. The number of nitrogens with zero attached hydrogens (tertiary/aromatic N) is 1. The zero-order chi connectivity index (χ0) is 21.1. The van der Waals surface area contributed by atoms with Crippen LogP contribution in [-0.4, -0.2) is 43.2 Å². The highest BCUT2D eigenvalue weighted by atomic mass is 19.1. The molecule has 4 rings (SSSR count). The number of ether oxygens (including phenoxy) is 1. The van der Waals surface area contributed by atoms with E-state index in [0.29, 0.717) is 5.56 Å². The van der Waals surface area contributed by atoms with E-state index in [2.05, 4.69) is 21.1 Å². The van der Waals surface area contributed by atoms with Crippen molar-refractivity contribution in [3.63, 3.8) is 0 Å². The maximum absolute atomic E-state index is 13.2. The van der Waals surface area contributed by atoms with Gasteiger partial charge in [0.15, 0.2) is 0 Å². The molecule has 2 aliphatic heterocycles. The number of hydrazine groups is 1. The molecule has 0 aliphatic carbocycles. The summed E-state index contributed by atoms with van der Waals surface area (Å²) in [5.41, 5.74) is 9.40. The quantitative estimate of drug-likeness (QED) is 0.705. The van der Waals surface area contributed by atoms with Gasteiger partial charge in [-0.15, -0.1) is 0 Å². The molecule has 2 fully saturated rings. The number of benzene rings is 2. The van der Waals surface area contributed by atoms with Crippen LogP contribution >= 0.6 is 0 Å². The van der Waals surface area contributed by atoms with Gasteiger partial charge in [0.1, 0.15) is 11.6 Å². The van der Waals surface area contributed by atoms with Gasteiger partial charge in [0.25, 0.3) is 5.91 Å². The van der Waals surface area contributed by atoms with Gasteiger partial charge in [-0.05, 0) is 67.6 Å². The van der Waals surface area contributed by atoms with Crippen LogP contribution in [0.25, 0.3) is 0 Å². The van der Waals surface area contributed by atoms with Crippen LogP contribution in [0.4, 0.5) is 4.39 Å². The molecule has 0 saturated carbocycles. The molecule has 0 spiro atoms. The molecule has 0 bridgehead atoms. The molecule has 6 nitrogen and oxygen atoms in total. The second-order valence-corrected chi connectivity index (χ2v) is 8.11. The lowest BCUT2D eigenvalue weighted by Gasteiger charge is -2.36. The fraction of sp³-hybridized carbons (Fsp3) is 0.435. The standard InChI is InChI=1S/C23H29FN4O2/c1-15-13-19(30-2)7-8-20(15)23(29)25-18-9-11-28(12-10-18)22-14-21(26-27-22)16-3-5-17(24)6-4-16/h3-8,13,18,21-22,26-27H,9-12,14H2,1-2H3,(H,25,29). The number of nitrogens with one attached hydrogen (secondary N) is 3. The van der Waals surface area contributed by atoms with Crippen LogP contribution in [0.5, 0.6) is 5.75 Å². The number of carbonyl (C=O) groups is 1. The lowest BCUT2D eigenvalue weighted by molar-refractivity contribution is 0.0879. The molecule has 1 amide bonds. The number of methoxy groups -OCH3 is 1. The molecular weight excluding hydrogens is 383 g/mol. The van der Waals surface area contributed by atoms with E-state index in [-0.39, 0.29) is 30.0 Å². The fourth-order valence-corrected chi connectivity index (χ4v) is 4.33. The van der Waals surface area contributed by atoms with Crippen LogP contribution in [0.1, 0.15) is 46.8 Å². The molecule has 2 unspecified atom stereocenters. The molecule has 2 aliphatic rings. The highest BCUT2D eigenvalue weighted by Gasteiger charge is 2.32. The van der Waals surface area contributed by atoms with Gasteiger partial charge >= 0.3 is 0 Å². The van der Waals surface area contributed by atoms with E-state index in [1.807, 2.05) is 37.3 Å². The summed E-state index contributed by atoms with van der Waals surface area (Å²) in [7, 11) is 1.62. The molecule has 2 heterocycles. The highest BCUT2D eigenvalue weighted by Crippen LogP contribution is 2.26. The summed E-state index contributed by atoms with van der Waals surface area (Å²) in [6, 6.07) is 12.5. The zero-order valence-electron chi connectivity index (χ0n) is 17.5. The second-order valence-electron chi connectivity index (χ2n) is 8.11. The Morgan fingerprint density at radius 2 is 1.87 bits per heavy atom. The van der Waals surface area contributed by atoms with Crippen molar-refractivity contribution >= 4 is 5.91 Å². The SMILES string of the molecule is COc1ccc(C(=O)NC2CCN(C3CC(c4ccc(F)cc4)NN3)CC2)c(C)c1. The first-order valence-corrected chi connectivity index (χ1v) is 10.5. The second kappa shape index (κ2) is 9.12. The molecule has 0 aromatic heterocycles. The number of likely N-dealkylation sites (tertiary alicyclic amines) is 1. The lowest BCUT2D eigenvalue weighted by atomic mass is 10.0. The number of carbonyl (C=O) groups excluding carboxylic acids is 1. The van der Waals surface area contributed by atoms with E-state index in [1.54, 1.807) is 7.11 Å². The summed E-state index contributed by atoms with van der Waals surface area (Å²) in [5, 5.41) is 3.19. The van der Waals surface area contributed by atoms with Gasteiger partial charge in [-0.3, -0.25) is 9.69 Å². The van der Waals surface area contributed by atoms with Crippen LogP contribution in [0, 0.1) is 12.7 Å². The first-order valence-electron chi connectivity index (χ1n) is 10.5. The van der Waals surface area contributed by atoms with Gasteiger partial charge in [0, 0.05) is 30.7 Å². The Morgan fingerprint density at radius 1 is 1.13 bits per heavy atom. The maximum atomic E-state index is 13.2. The van der Waals surface area contributed by atoms with E-state index in [1.165, 1.54) is 12.1 Å². The average Bonchev–Trinajstić information content (AvgIpc) is 3.25. The van der Waals surface area contributed by atoms with Crippen molar-refractivity contribution in [3.05, 3.63) is 65.0 Å². The average molecular weight is 413 g/mol. The highest BCUT2D eigenvalue weighted by molar-refractivity contribution is 5.96. The minimum Gasteiger partial charge on any atom is -0.497 e. The van der Waals surface area contributed by atoms with E-state index in [0.717, 1.165) is 49.2 Å². The van der Waals surface area contributed by atoms with Crippen molar-refractivity contribution in [2.24, 2.45) is 0 Å². The predicted molar refractivity (Wildman–Crippen MR) is 114 cm³/mol. The summed E-state index contributed by atoms with van der Waals surface area (Å²) in [6.07, 6.45) is 2.99. The molecule has 3 N–H and O–H groups in total. The third-order valence-electron chi connectivity index (χ3n) is 6.14. The van der Waals surface area contributed by atoms with E-state index < -0.39 is 0 Å². The van der Waals surface area contributed by atoms with Gasteiger partial charge in [0.05, 0.1) is 13.3 Å². The Morgan fingerprint density at radius 3 is 2.53 bits per heavy atom. The van der Waals surface area contributed by atoms with E-state index in [9.17, 15) is 9.18 Å². The fourth-order valence-electron chi connectivity index (χ4n) is 4.33. The number of amides is 1. The number of hydrogen-bond donors (Lipinski definition) is 3. The summed E-state index contributed by atoms with van der Waals surface area (Å²) < 4.78 is 18.4. The van der Waals surface area contributed by atoms with Gasteiger partial charge in [-0.1, -0.05) is 12.1 Å². The summed E-state index contributed by atoms with van der Waals surface area (Å²) in [6.45, 7) is 3.76. The van der Waals surface area contributed by atoms with Crippen molar-refractivity contribution in [2.45, 2.75) is 44.4 Å². The van der Waals surface area contributed by atoms with Crippen molar-refractivity contribution in [1.82, 2.24) is 21.1 Å². The maximum Gasteiger partial charge on any atom is 0.251 e. The van der Waals surface area contributed by atoms with Crippen LogP contribution in [0.15, 0.2) is 42.5 Å². The largest absolute Gasteiger partial charge is 0.497 e. The van der Waals surface area contributed by atoms with Crippen LogP contribution < -0.4 is 20.9 Å². The molecule has 30 heavy (non-hydrogen) atoms. The molecule has 2 saturated heterocycles. The van der Waals surface area contributed by atoms with Gasteiger partial charge in [0.2, 0.25) is 0 Å². The molecule has 160 valence electrons. The van der Waals surface area contributed by atoms with Crippen molar-refractivity contribution in [2.75, 3.05) is 20.2 Å². The van der Waals surface area contributed by atoms with Gasteiger partial charge in [-0.25, -0.2) is 15.2 Å². The molecule has 2 aromatic rings. The zero-order valence-corrected chi connectivity index (χ0v) is 17.5. The summed E-state index contributed by atoms with van der Waals surface area (Å²) in [4.78, 5) is 15.1. The molecule has 0 radical (unpaired) electrons. The Bertz CT molecular complexity index is 881. The van der Waals surface area contributed by atoms with Gasteiger partial charge in [-0.2, -0.15) is 0 Å². The summed E-state index contributed by atoms with van der Waals surface area (Å²) in [5.74, 6) is 0.523. The third kappa shape index (κ3) is 4.64. The van der Waals surface area contributed by atoms with Crippen molar-refractivity contribution in [1.29, 1.82) is 0 Å². The Balaban J connectivity index is 1.27. The number of piperidine rings is 1. The normalized spacial score (nSPS) is 22.8. The van der Waals surface area contributed by atoms with Crippen LogP contribution in [0.2, 0.25) is 0 Å². The van der Waals surface area contributed by atoms with Crippen LogP contribution in [0.3, 0.4) is 0 Å². The van der Waals surface area contributed by atoms with Gasteiger partial charge < -0.3 is 10.1 Å².